The molecule has 1 amide bonds. The lowest BCUT2D eigenvalue weighted by atomic mass is 10.2. The molecule has 19 heavy (non-hydrogen) atoms. The normalized spacial score (nSPS) is 21.4. The monoisotopic (exact) mass is 301 g/mol. The molecule has 1 aliphatic heterocycles. The van der Waals surface area contributed by atoms with Gasteiger partial charge in [-0.1, -0.05) is 6.07 Å². The summed E-state index contributed by atoms with van der Waals surface area (Å²) < 4.78 is 23.0. The van der Waals surface area contributed by atoms with Crippen LogP contribution in [0.1, 0.15) is 24.6 Å². The number of rotatable bonds is 5. The van der Waals surface area contributed by atoms with Crippen molar-refractivity contribution in [2.24, 2.45) is 0 Å². The highest BCUT2D eigenvalue weighted by atomic mass is 32.2. The van der Waals surface area contributed by atoms with Crippen LogP contribution in [0.5, 0.6) is 0 Å². The van der Waals surface area contributed by atoms with Crippen molar-refractivity contribution in [1.82, 2.24) is 4.90 Å². The average Bonchev–Trinajstić information content (AvgIpc) is 2.97. The maximum atomic E-state index is 12.2. The van der Waals surface area contributed by atoms with Gasteiger partial charge in [-0.05, 0) is 31.2 Å². The van der Waals surface area contributed by atoms with Crippen LogP contribution in [0, 0.1) is 0 Å². The number of sulfone groups is 1. The highest BCUT2D eigenvalue weighted by molar-refractivity contribution is 7.91. The fourth-order valence-corrected chi connectivity index (χ4v) is 4.93. The number of hydrogen-bond donors (Lipinski definition) is 0. The number of aryl methyl sites for hydroxylation is 1. The summed E-state index contributed by atoms with van der Waals surface area (Å²) in [5.41, 5.74) is 0. The van der Waals surface area contributed by atoms with Crippen LogP contribution in [0.2, 0.25) is 0 Å². The van der Waals surface area contributed by atoms with Gasteiger partial charge in [-0.2, -0.15) is 0 Å². The van der Waals surface area contributed by atoms with E-state index in [0.717, 1.165) is 6.42 Å². The van der Waals surface area contributed by atoms with Crippen LogP contribution in [0.3, 0.4) is 0 Å². The van der Waals surface area contributed by atoms with Gasteiger partial charge in [0.25, 0.3) is 0 Å². The molecule has 1 atom stereocenters. The van der Waals surface area contributed by atoms with Crippen molar-refractivity contribution in [2.45, 2.75) is 32.2 Å². The SMILES string of the molecule is CCN(C(=O)CCc1cccs1)[C@H]1CCS(=O)(=O)C1. The van der Waals surface area contributed by atoms with Gasteiger partial charge in [0, 0.05) is 23.9 Å². The zero-order valence-electron chi connectivity index (χ0n) is 11.0. The molecule has 2 rings (SSSR count). The Labute approximate surface area is 118 Å². The second kappa shape index (κ2) is 6.05. The Morgan fingerprint density at radius 3 is 2.84 bits per heavy atom. The van der Waals surface area contributed by atoms with E-state index in [2.05, 4.69) is 0 Å². The molecule has 1 aromatic rings. The van der Waals surface area contributed by atoms with Crippen molar-refractivity contribution in [1.29, 1.82) is 0 Å². The van der Waals surface area contributed by atoms with Crippen LogP contribution in [0.15, 0.2) is 17.5 Å². The molecule has 106 valence electrons. The molecule has 0 aliphatic carbocycles. The van der Waals surface area contributed by atoms with E-state index >= 15 is 0 Å². The number of amides is 1. The fraction of sp³-hybridized carbons (Fsp3) is 0.615. The molecule has 1 fully saturated rings. The molecule has 0 spiro atoms. The largest absolute Gasteiger partial charge is 0.339 e. The molecule has 1 aromatic heterocycles. The average molecular weight is 301 g/mol. The summed E-state index contributed by atoms with van der Waals surface area (Å²) in [6.45, 7) is 2.50. The molecule has 0 saturated carbocycles. The van der Waals surface area contributed by atoms with Crippen molar-refractivity contribution >= 4 is 27.1 Å². The van der Waals surface area contributed by atoms with Gasteiger partial charge in [0.2, 0.25) is 5.91 Å². The first-order valence-electron chi connectivity index (χ1n) is 6.54. The number of hydrogen-bond acceptors (Lipinski definition) is 4. The molecule has 0 bridgehead atoms. The van der Waals surface area contributed by atoms with Gasteiger partial charge in [-0.3, -0.25) is 4.79 Å². The first-order chi connectivity index (χ1) is 9.02. The van der Waals surface area contributed by atoms with Gasteiger partial charge in [0.15, 0.2) is 9.84 Å². The highest BCUT2D eigenvalue weighted by Crippen LogP contribution is 2.19. The Morgan fingerprint density at radius 1 is 1.53 bits per heavy atom. The van der Waals surface area contributed by atoms with Gasteiger partial charge < -0.3 is 4.90 Å². The van der Waals surface area contributed by atoms with Gasteiger partial charge in [-0.25, -0.2) is 8.42 Å². The highest BCUT2D eigenvalue weighted by Gasteiger charge is 2.33. The molecule has 1 aliphatic rings. The summed E-state index contributed by atoms with van der Waals surface area (Å²) in [6.07, 6.45) is 1.79. The lowest BCUT2D eigenvalue weighted by Crippen LogP contribution is -2.41. The summed E-state index contributed by atoms with van der Waals surface area (Å²) in [5.74, 6) is 0.413. The van der Waals surface area contributed by atoms with E-state index in [9.17, 15) is 13.2 Å². The van der Waals surface area contributed by atoms with Crippen LogP contribution in [0.25, 0.3) is 0 Å². The summed E-state index contributed by atoms with van der Waals surface area (Å²) in [4.78, 5) is 15.1. The topological polar surface area (TPSA) is 54.5 Å². The van der Waals surface area contributed by atoms with E-state index in [1.807, 2.05) is 24.4 Å². The molecule has 0 N–H and O–H groups in total. The van der Waals surface area contributed by atoms with Crippen molar-refractivity contribution in [3.05, 3.63) is 22.4 Å². The standard InChI is InChI=1S/C13H19NO3S2/c1-2-14(11-7-9-19(16,17)10-11)13(15)6-5-12-4-3-8-18-12/h3-4,8,11H,2,5-7,9-10H2,1H3/t11-/m0/s1. The third-order valence-corrected chi connectivity index (χ3v) is 6.16. The van der Waals surface area contributed by atoms with Crippen molar-refractivity contribution in [2.75, 3.05) is 18.1 Å². The zero-order chi connectivity index (χ0) is 13.9. The minimum Gasteiger partial charge on any atom is -0.339 e. The van der Waals surface area contributed by atoms with Gasteiger partial charge in [0.05, 0.1) is 11.5 Å². The third-order valence-electron chi connectivity index (χ3n) is 3.48. The van der Waals surface area contributed by atoms with E-state index in [1.165, 1.54) is 4.88 Å². The Hall–Kier alpha value is -0.880. The van der Waals surface area contributed by atoms with Crippen molar-refractivity contribution < 1.29 is 13.2 Å². The van der Waals surface area contributed by atoms with E-state index in [1.54, 1.807) is 16.2 Å². The lowest BCUT2D eigenvalue weighted by molar-refractivity contribution is -0.132. The quantitative estimate of drug-likeness (QED) is 0.832. The molecule has 6 heteroatoms. The number of nitrogens with zero attached hydrogens (tertiary/aromatic N) is 1. The second-order valence-electron chi connectivity index (χ2n) is 4.82. The van der Waals surface area contributed by atoms with Gasteiger partial charge in [-0.15, -0.1) is 11.3 Å². The molecule has 1 saturated heterocycles. The first kappa shape index (κ1) is 14.5. The molecule has 2 heterocycles. The predicted octanol–water partition coefficient (Wildman–Crippen LogP) is 1.72. The molecular formula is C13H19NO3S2. The zero-order valence-corrected chi connectivity index (χ0v) is 12.7. The maximum Gasteiger partial charge on any atom is 0.223 e. The van der Waals surface area contributed by atoms with E-state index in [0.29, 0.717) is 19.4 Å². The summed E-state index contributed by atoms with van der Waals surface area (Å²) in [7, 11) is -2.93. The third kappa shape index (κ3) is 3.79. The van der Waals surface area contributed by atoms with E-state index in [-0.39, 0.29) is 23.5 Å². The summed E-state index contributed by atoms with van der Waals surface area (Å²) >= 11 is 1.65. The molecule has 0 radical (unpaired) electrons. The van der Waals surface area contributed by atoms with Crippen LogP contribution in [-0.2, 0) is 21.1 Å². The Bertz CT molecular complexity index is 522. The maximum absolute atomic E-state index is 12.2. The van der Waals surface area contributed by atoms with Gasteiger partial charge in [0.1, 0.15) is 0 Å². The molecule has 0 unspecified atom stereocenters. The number of carbonyl (C=O) groups is 1. The predicted molar refractivity (Wildman–Crippen MR) is 77.1 cm³/mol. The van der Waals surface area contributed by atoms with E-state index < -0.39 is 9.84 Å². The first-order valence-corrected chi connectivity index (χ1v) is 9.24. The second-order valence-corrected chi connectivity index (χ2v) is 8.08. The Balaban J connectivity index is 1.92. The van der Waals surface area contributed by atoms with Gasteiger partial charge >= 0.3 is 0 Å². The van der Waals surface area contributed by atoms with Crippen molar-refractivity contribution in [3.63, 3.8) is 0 Å². The number of thiophene rings is 1. The number of carbonyl (C=O) groups excluding carboxylic acids is 1. The van der Waals surface area contributed by atoms with Crippen LogP contribution in [0.4, 0.5) is 0 Å². The Kier molecular flexibility index (Phi) is 4.62. The van der Waals surface area contributed by atoms with Crippen molar-refractivity contribution in [3.8, 4) is 0 Å². The van der Waals surface area contributed by atoms with Crippen LogP contribution >= 0.6 is 11.3 Å². The Morgan fingerprint density at radius 2 is 2.32 bits per heavy atom. The fourth-order valence-electron chi connectivity index (χ4n) is 2.49. The molecule has 0 aromatic carbocycles. The summed E-state index contributed by atoms with van der Waals surface area (Å²) in [6, 6.07) is 3.88. The smallest absolute Gasteiger partial charge is 0.223 e. The minimum absolute atomic E-state index is 0.0676. The summed E-state index contributed by atoms with van der Waals surface area (Å²) in [5, 5.41) is 2.00. The molecule has 4 nitrogen and oxygen atoms in total. The van der Waals surface area contributed by atoms with Crippen LogP contribution < -0.4 is 0 Å². The lowest BCUT2D eigenvalue weighted by Gasteiger charge is -2.26. The minimum atomic E-state index is -2.93. The molecular weight excluding hydrogens is 282 g/mol. The van der Waals surface area contributed by atoms with E-state index in [4.69, 9.17) is 0 Å². The van der Waals surface area contributed by atoms with Crippen LogP contribution in [-0.4, -0.2) is 43.3 Å².